The van der Waals surface area contributed by atoms with Crippen molar-refractivity contribution < 1.29 is 9.21 Å². The van der Waals surface area contributed by atoms with E-state index in [0.29, 0.717) is 17.1 Å². The molecule has 1 amide bonds. The molecule has 0 unspecified atom stereocenters. The molecule has 18 heavy (non-hydrogen) atoms. The summed E-state index contributed by atoms with van der Waals surface area (Å²) in [4.78, 5) is 12.5. The highest BCUT2D eigenvalue weighted by atomic mass is 79.9. The highest BCUT2D eigenvalue weighted by molar-refractivity contribution is 9.10. The number of halogens is 1. The van der Waals surface area contributed by atoms with Crippen LogP contribution in [0.2, 0.25) is 0 Å². The molecular formula is C12H11BrN2O2S. The van der Waals surface area contributed by atoms with Gasteiger partial charge in [0.25, 0.3) is 5.91 Å². The van der Waals surface area contributed by atoms with Crippen LogP contribution < -0.4 is 11.3 Å². The summed E-state index contributed by atoms with van der Waals surface area (Å²) in [6.45, 7) is 0. The van der Waals surface area contributed by atoms with Crippen molar-refractivity contribution in [3.63, 3.8) is 0 Å². The average molecular weight is 327 g/mol. The molecule has 1 heterocycles. The monoisotopic (exact) mass is 326 g/mol. The van der Waals surface area contributed by atoms with Crippen molar-refractivity contribution in [2.45, 2.75) is 10.6 Å². The van der Waals surface area contributed by atoms with Crippen molar-refractivity contribution in [1.82, 2.24) is 5.43 Å². The van der Waals surface area contributed by atoms with Gasteiger partial charge in [-0.2, -0.15) is 0 Å². The summed E-state index contributed by atoms with van der Waals surface area (Å²) in [5.41, 5.74) is 2.57. The van der Waals surface area contributed by atoms with Crippen LogP contribution >= 0.6 is 27.7 Å². The molecule has 1 aromatic heterocycles. The average Bonchev–Trinajstić information content (AvgIpc) is 2.85. The molecule has 0 spiro atoms. The second kappa shape index (κ2) is 6.08. The van der Waals surface area contributed by atoms with Crippen LogP contribution in [0.3, 0.4) is 0 Å². The summed E-state index contributed by atoms with van der Waals surface area (Å²) in [6.07, 6.45) is 1.49. The minimum absolute atomic E-state index is 0.338. The molecule has 0 bridgehead atoms. The Morgan fingerprint density at radius 3 is 2.72 bits per heavy atom. The topological polar surface area (TPSA) is 68.3 Å². The molecule has 94 valence electrons. The van der Waals surface area contributed by atoms with Gasteiger partial charge in [0.1, 0.15) is 5.76 Å². The third-order valence-corrected chi connectivity index (χ3v) is 3.85. The van der Waals surface area contributed by atoms with Gasteiger partial charge in [0.2, 0.25) is 0 Å². The largest absolute Gasteiger partial charge is 0.468 e. The lowest BCUT2D eigenvalue weighted by Crippen LogP contribution is -2.30. The summed E-state index contributed by atoms with van der Waals surface area (Å²) in [6, 6.07) is 9.55. The smallest absolute Gasteiger partial charge is 0.268 e. The van der Waals surface area contributed by atoms with Crippen LogP contribution in [0, 0.1) is 0 Å². The van der Waals surface area contributed by atoms with E-state index >= 15 is 0 Å². The highest BCUT2D eigenvalue weighted by Crippen LogP contribution is 2.26. The molecule has 0 saturated carbocycles. The van der Waals surface area contributed by atoms with Gasteiger partial charge in [0.05, 0.1) is 17.6 Å². The second-order valence-electron chi connectivity index (χ2n) is 3.47. The van der Waals surface area contributed by atoms with Crippen molar-refractivity contribution in [3.8, 4) is 0 Å². The fourth-order valence-electron chi connectivity index (χ4n) is 1.41. The predicted molar refractivity (Wildman–Crippen MR) is 74.1 cm³/mol. The number of nitrogens with one attached hydrogen (secondary N) is 1. The summed E-state index contributed by atoms with van der Waals surface area (Å²) < 4.78 is 6.32. The van der Waals surface area contributed by atoms with Crippen LogP contribution in [0.25, 0.3) is 0 Å². The lowest BCUT2D eigenvalue weighted by atomic mass is 10.2. The van der Waals surface area contributed by atoms with Crippen LogP contribution in [0.15, 0.2) is 50.4 Å². The van der Waals surface area contributed by atoms with E-state index in [-0.39, 0.29) is 5.91 Å². The number of furan rings is 1. The van der Waals surface area contributed by atoms with Gasteiger partial charge in [0.15, 0.2) is 0 Å². The molecule has 0 fully saturated rings. The summed E-state index contributed by atoms with van der Waals surface area (Å²) in [5, 5.41) is 0. The Bertz CT molecular complexity index is 539. The van der Waals surface area contributed by atoms with E-state index in [4.69, 9.17) is 10.3 Å². The lowest BCUT2D eigenvalue weighted by molar-refractivity contribution is 0.0952. The van der Waals surface area contributed by atoms with Gasteiger partial charge in [-0.3, -0.25) is 10.2 Å². The quantitative estimate of drug-likeness (QED) is 0.392. The molecule has 0 aliphatic carbocycles. The first-order valence-corrected chi connectivity index (χ1v) is 6.94. The number of carbonyl (C=O) groups excluding carboxylic acids is 1. The Morgan fingerprint density at radius 2 is 2.06 bits per heavy atom. The van der Waals surface area contributed by atoms with Crippen molar-refractivity contribution in [1.29, 1.82) is 0 Å². The molecule has 1 aromatic carbocycles. The number of hydrogen-bond acceptors (Lipinski definition) is 4. The molecule has 0 radical (unpaired) electrons. The number of amides is 1. The number of nitrogen functional groups attached to an aromatic ring is 1. The molecule has 4 nitrogen and oxygen atoms in total. The van der Waals surface area contributed by atoms with E-state index < -0.39 is 0 Å². The van der Waals surface area contributed by atoms with Crippen LogP contribution in [-0.2, 0) is 5.75 Å². The maximum atomic E-state index is 11.4. The Morgan fingerprint density at radius 1 is 1.33 bits per heavy atom. The Hall–Kier alpha value is -1.24. The van der Waals surface area contributed by atoms with Gasteiger partial charge >= 0.3 is 0 Å². The molecule has 3 N–H and O–H groups in total. The van der Waals surface area contributed by atoms with E-state index in [0.717, 1.165) is 9.37 Å². The maximum Gasteiger partial charge on any atom is 0.268 e. The SMILES string of the molecule is NNC(=O)c1ccoc1CSc1ccc(Br)cc1. The molecule has 2 rings (SSSR count). The van der Waals surface area contributed by atoms with E-state index in [9.17, 15) is 4.79 Å². The highest BCUT2D eigenvalue weighted by Gasteiger charge is 2.13. The number of hydrogen-bond donors (Lipinski definition) is 2. The van der Waals surface area contributed by atoms with Crippen molar-refractivity contribution in [2.24, 2.45) is 5.84 Å². The second-order valence-corrected chi connectivity index (χ2v) is 5.44. The van der Waals surface area contributed by atoms with Gasteiger partial charge in [-0.15, -0.1) is 11.8 Å². The maximum absolute atomic E-state index is 11.4. The zero-order valence-corrected chi connectivity index (χ0v) is 11.8. The Balaban J connectivity index is 2.04. The number of thioether (sulfide) groups is 1. The van der Waals surface area contributed by atoms with Crippen LogP contribution in [0.5, 0.6) is 0 Å². The first-order valence-electron chi connectivity index (χ1n) is 5.16. The molecule has 0 aliphatic rings. The fraction of sp³-hybridized carbons (Fsp3) is 0.0833. The number of nitrogens with two attached hydrogens (primary N) is 1. The minimum Gasteiger partial charge on any atom is -0.468 e. The lowest BCUT2D eigenvalue weighted by Gasteiger charge is -2.02. The van der Waals surface area contributed by atoms with Crippen LogP contribution in [0.1, 0.15) is 16.1 Å². The Labute approximate surface area is 117 Å². The van der Waals surface area contributed by atoms with Gasteiger partial charge in [-0.05, 0) is 30.3 Å². The molecule has 2 aromatic rings. The minimum atomic E-state index is -0.338. The van der Waals surface area contributed by atoms with Crippen LogP contribution in [-0.4, -0.2) is 5.91 Å². The standard InChI is InChI=1S/C12H11BrN2O2S/c13-8-1-3-9(4-2-8)18-7-11-10(5-6-17-11)12(16)15-14/h1-6H,7,14H2,(H,15,16). The molecule has 0 aliphatic heterocycles. The predicted octanol–water partition coefficient (Wildman–Crippen LogP) is 2.94. The van der Waals surface area contributed by atoms with Gasteiger partial charge in [-0.25, -0.2) is 5.84 Å². The number of hydrazine groups is 1. The van der Waals surface area contributed by atoms with Crippen molar-refractivity contribution in [3.05, 3.63) is 52.4 Å². The van der Waals surface area contributed by atoms with E-state index in [2.05, 4.69) is 21.4 Å². The molecule has 6 heteroatoms. The van der Waals surface area contributed by atoms with Gasteiger partial charge in [0, 0.05) is 9.37 Å². The summed E-state index contributed by atoms with van der Waals surface area (Å²) in [5.74, 6) is 5.96. The van der Waals surface area contributed by atoms with Crippen LogP contribution in [0.4, 0.5) is 0 Å². The normalized spacial score (nSPS) is 10.3. The van der Waals surface area contributed by atoms with E-state index in [1.165, 1.54) is 6.26 Å². The summed E-state index contributed by atoms with van der Waals surface area (Å²) in [7, 11) is 0. The molecule has 0 atom stereocenters. The van der Waals surface area contributed by atoms with Crippen molar-refractivity contribution in [2.75, 3.05) is 0 Å². The third-order valence-electron chi connectivity index (χ3n) is 2.30. The van der Waals surface area contributed by atoms with Crippen molar-refractivity contribution >= 4 is 33.6 Å². The number of carbonyl (C=O) groups is 1. The Kier molecular flexibility index (Phi) is 4.46. The third kappa shape index (κ3) is 3.16. The zero-order chi connectivity index (χ0) is 13.0. The first-order chi connectivity index (χ1) is 8.70. The van der Waals surface area contributed by atoms with Gasteiger partial charge in [-0.1, -0.05) is 15.9 Å². The first kappa shape index (κ1) is 13.2. The van der Waals surface area contributed by atoms with Gasteiger partial charge < -0.3 is 4.42 Å². The number of benzene rings is 1. The fourth-order valence-corrected chi connectivity index (χ4v) is 2.53. The summed E-state index contributed by atoms with van der Waals surface area (Å²) >= 11 is 4.97. The van der Waals surface area contributed by atoms with E-state index in [1.54, 1.807) is 17.8 Å². The number of rotatable bonds is 4. The molecule has 0 saturated heterocycles. The zero-order valence-electron chi connectivity index (χ0n) is 9.35. The van der Waals surface area contributed by atoms with E-state index in [1.807, 2.05) is 24.3 Å². The molecular weight excluding hydrogens is 316 g/mol.